The molecule has 0 saturated carbocycles. The van der Waals surface area contributed by atoms with Crippen LogP contribution >= 0.6 is 0 Å². The molecule has 1 aliphatic rings. The Labute approximate surface area is 169 Å². The maximum atomic E-state index is 13.1. The van der Waals surface area contributed by atoms with Crippen LogP contribution in [-0.4, -0.2) is 36.6 Å². The van der Waals surface area contributed by atoms with Gasteiger partial charge in [0.15, 0.2) is 0 Å². The molecule has 0 aliphatic carbocycles. The number of carbonyl (C=O) groups is 1. The minimum Gasteiger partial charge on any atom is -0.322 e. The number of nitro benzene ring substituents is 1. The van der Waals surface area contributed by atoms with Crippen molar-refractivity contribution >= 4 is 27.3 Å². The number of hydrogen-bond acceptors (Lipinski definition) is 5. The molecule has 0 atom stereocenters. The van der Waals surface area contributed by atoms with Crippen LogP contribution in [0.1, 0.15) is 41.6 Å². The minimum absolute atomic E-state index is 0.117. The second-order valence-electron chi connectivity index (χ2n) is 7.06. The fourth-order valence-corrected chi connectivity index (χ4v) is 5.11. The van der Waals surface area contributed by atoms with E-state index in [1.54, 1.807) is 19.1 Å². The topological polar surface area (TPSA) is 110 Å². The molecule has 2 aromatic rings. The standard InChI is InChI=1S/C20H23N3O5S/c1-15-9-10-16(20(24)21-17-7-6-8-18(14-17)23(25)26)13-19(15)29(27,28)22-11-4-2-3-5-12-22/h6-10,13-14H,2-5,11-12H2,1H3,(H,21,24). The van der Waals surface area contributed by atoms with E-state index in [0.717, 1.165) is 25.7 Å². The van der Waals surface area contributed by atoms with Gasteiger partial charge in [-0.3, -0.25) is 14.9 Å². The molecule has 0 unspecified atom stereocenters. The lowest BCUT2D eigenvalue weighted by atomic mass is 10.1. The Morgan fingerprint density at radius 3 is 2.41 bits per heavy atom. The average molecular weight is 417 g/mol. The molecule has 0 aromatic heterocycles. The van der Waals surface area contributed by atoms with Crippen LogP contribution in [0.5, 0.6) is 0 Å². The summed E-state index contributed by atoms with van der Waals surface area (Å²) in [5, 5.41) is 13.5. The molecular weight excluding hydrogens is 394 g/mol. The van der Waals surface area contributed by atoms with E-state index in [4.69, 9.17) is 0 Å². The lowest BCUT2D eigenvalue weighted by Crippen LogP contribution is -2.32. The first-order valence-corrected chi connectivity index (χ1v) is 10.9. The number of rotatable bonds is 5. The van der Waals surface area contributed by atoms with Crippen LogP contribution in [0.3, 0.4) is 0 Å². The van der Waals surface area contributed by atoms with E-state index in [9.17, 15) is 23.3 Å². The highest BCUT2D eigenvalue weighted by molar-refractivity contribution is 7.89. The molecule has 3 rings (SSSR count). The molecular formula is C20H23N3O5S. The zero-order chi connectivity index (χ0) is 21.0. The SMILES string of the molecule is Cc1ccc(C(=O)Nc2cccc([N+](=O)[O-])c2)cc1S(=O)(=O)N1CCCCCC1. The normalized spacial score (nSPS) is 15.5. The number of nitrogens with one attached hydrogen (secondary N) is 1. The average Bonchev–Trinajstić information content (AvgIpc) is 2.98. The largest absolute Gasteiger partial charge is 0.322 e. The van der Waals surface area contributed by atoms with Gasteiger partial charge in [-0.2, -0.15) is 4.31 Å². The molecule has 29 heavy (non-hydrogen) atoms. The number of hydrogen-bond donors (Lipinski definition) is 1. The van der Waals surface area contributed by atoms with E-state index >= 15 is 0 Å². The van der Waals surface area contributed by atoms with Gasteiger partial charge >= 0.3 is 0 Å². The molecule has 0 bridgehead atoms. The molecule has 2 aromatic carbocycles. The lowest BCUT2D eigenvalue weighted by Gasteiger charge is -2.21. The second-order valence-corrected chi connectivity index (χ2v) is 8.97. The van der Waals surface area contributed by atoms with Gasteiger partial charge in [-0.05, 0) is 43.5 Å². The van der Waals surface area contributed by atoms with Crippen molar-refractivity contribution in [2.45, 2.75) is 37.5 Å². The van der Waals surface area contributed by atoms with E-state index < -0.39 is 20.9 Å². The summed E-state index contributed by atoms with van der Waals surface area (Å²) in [5.41, 5.74) is 0.870. The van der Waals surface area contributed by atoms with Gasteiger partial charge < -0.3 is 5.32 Å². The van der Waals surface area contributed by atoms with E-state index in [0.29, 0.717) is 18.7 Å². The third-order valence-electron chi connectivity index (χ3n) is 4.95. The Balaban J connectivity index is 1.87. The van der Waals surface area contributed by atoms with Gasteiger partial charge in [0.2, 0.25) is 10.0 Å². The molecule has 1 saturated heterocycles. The predicted octanol–water partition coefficient (Wildman–Crippen LogP) is 3.72. The molecule has 154 valence electrons. The van der Waals surface area contributed by atoms with Gasteiger partial charge in [-0.25, -0.2) is 8.42 Å². The highest BCUT2D eigenvalue weighted by atomic mass is 32.2. The monoisotopic (exact) mass is 417 g/mol. The zero-order valence-corrected chi connectivity index (χ0v) is 16.9. The highest BCUT2D eigenvalue weighted by Gasteiger charge is 2.27. The molecule has 0 radical (unpaired) electrons. The van der Waals surface area contributed by atoms with Gasteiger partial charge in [0.05, 0.1) is 9.82 Å². The zero-order valence-electron chi connectivity index (χ0n) is 16.1. The first-order valence-electron chi connectivity index (χ1n) is 9.45. The summed E-state index contributed by atoms with van der Waals surface area (Å²) in [7, 11) is -3.70. The number of nitrogens with zero attached hydrogens (tertiary/aromatic N) is 2. The number of sulfonamides is 1. The number of nitro groups is 1. The second kappa shape index (κ2) is 8.71. The molecule has 1 N–H and O–H groups in total. The molecule has 9 heteroatoms. The highest BCUT2D eigenvalue weighted by Crippen LogP contribution is 2.25. The predicted molar refractivity (Wildman–Crippen MR) is 109 cm³/mol. The van der Waals surface area contributed by atoms with E-state index in [1.807, 2.05) is 0 Å². The number of non-ortho nitro benzene ring substituents is 1. The summed E-state index contributed by atoms with van der Waals surface area (Å²) in [5.74, 6) is -0.530. The summed E-state index contributed by atoms with van der Waals surface area (Å²) >= 11 is 0. The van der Waals surface area contributed by atoms with Gasteiger partial charge in [-0.15, -0.1) is 0 Å². The van der Waals surface area contributed by atoms with Crippen molar-refractivity contribution in [2.24, 2.45) is 0 Å². The van der Waals surface area contributed by atoms with Crippen LogP contribution in [-0.2, 0) is 10.0 Å². The van der Waals surface area contributed by atoms with Crippen LogP contribution in [0, 0.1) is 17.0 Å². The van der Waals surface area contributed by atoms with Crippen molar-refractivity contribution in [3.63, 3.8) is 0 Å². The summed E-state index contributed by atoms with van der Waals surface area (Å²) in [6, 6.07) is 10.1. The Morgan fingerprint density at radius 2 is 1.76 bits per heavy atom. The van der Waals surface area contributed by atoms with Crippen molar-refractivity contribution in [1.29, 1.82) is 0 Å². The van der Waals surface area contributed by atoms with Gasteiger partial charge in [0.1, 0.15) is 0 Å². The van der Waals surface area contributed by atoms with Gasteiger partial charge in [0, 0.05) is 36.5 Å². The third kappa shape index (κ3) is 4.80. The van der Waals surface area contributed by atoms with Crippen LogP contribution < -0.4 is 5.32 Å². The van der Waals surface area contributed by atoms with Crippen LogP contribution in [0.25, 0.3) is 0 Å². The van der Waals surface area contributed by atoms with Crippen molar-refractivity contribution in [2.75, 3.05) is 18.4 Å². The third-order valence-corrected chi connectivity index (χ3v) is 6.99. The van der Waals surface area contributed by atoms with Crippen molar-refractivity contribution in [3.05, 3.63) is 63.7 Å². The Bertz CT molecular complexity index is 1030. The fourth-order valence-electron chi connectivity index (χ4n) is 3.34. The Hall–Kier alpha value is -2.78. The number of carbonyl (C=O) groups excluding carboxylic acids is 1. The molecule has 1 fully saturated rings. The molecule has 1 heterocycles. The first kappa shape index (κ1) is 20.9. The fraction of sp³-hybridized carbons (Fsp3) is 0.350. The Morgan fingerprint density at radius 1 is 1.07 bits per heavy atom. The van der Waals surface area contributed by atoms with Crippen LogP contribution in [0.4, 0.5) is 11.4 Å². The van der Waals surface area contributed by atoms with Crippen LogP contribution in [0.15, 0.2) is 47.4 Å². The number of aryl methyl sites for hydroxylation is 1. The van der Waals surface area contributed by atoms with Gasteiger partial charge in [-0.1, -0.05) is 25.0 Å². The molecule has 8 nitrogen and oxygen atoms in total. The van der Waals surface area contributed by atoms with E-state index in [1.165, 1.54) is 34.6 Å². The lowest BCUT2D eigenvalue weighted by molar-refractivity contribution is -0.384. The maximum absolute atomic E-state index is 13.1. The van der Waals surface area contributed by atoms with Crippen molar-refractivity contribution in [3.8, 4) is 0 Å². The van der Waals surface area contributed by atoms with Crippen LogP contribution in [0.2, 0.25) is 0 Å². The molecule has 0 spiro atoms. The van der Waals surface area contributed by atoms with Gasteiger partial charge in [0.25, 0.3) is 11.6 Å². The summed E-state index contributed by atoms with van der Waals surface area (Å²) in [6.07, 6.45) is 3.67. The van der Waals surface area contributed by atoms with E-state index in [-0.39, 0.29) is 21.8 Å². The van der Waals surface area contributed by atoms with Crippen molar-refractivity contribution < 1.29 is 18.1 Å². The number of benzene rings is 2. The smallest absolute Gasteiger partial charge is 0.271 e. The Kier molecular flexibility index (Phi) is 6.29. The van der Waals surface area contributed by atoms with Crippen molar-refractivity contribution in [1.82, 2.24) is 4.31 Å². The maximum Gasteiger partial charge on any atom is 0.271 e. The number of anilines is 1. The summed E-state index contributed by atoms with van der Waals surface area (Å²) < 4.78 is 27.8. The summed E-state index contributed by atoms with van der Waals surface area (Å²) in [6.45, 7) is 2.66. The first-order chi connectivity index (χ1) is 13.8. The summed E-state index contributed by atoms with van der Waals surface area (Å²) in [4.78, 5) is 23.1. The molecule has 1 aliphatic heterocycles. The molecule has 1 amide bonds. The minimum atomic E-state index is -3.70. The van der Waals surface area contributed by atoms with E-state index in [2.05, 4.69) is 5.32 Å². The number of amides is 1. The quantitative estimate of drug-likeness (QED) is 0.589.